The van der Waals surface area contributed by atoms with Crippen molar-refractivity contribution in [3.8, 4) is 0 Å². The Morgan fingerprint density at radius 2 is 2.28 bits per heavy atom. The van der Waals surface area contributed by atoms with Gasteiger partial charge in [0.05, 0.1) is 13.0 Å². The number of ketones is 1. The summed E-state index contributed by atoms with van der Waals surface area (Å²) >= 11 is 1.63. The van der Waals surface area contributed by atoms with Crippen LogP contribution < -0.4 is 0 Å². The second-order valence-corrected chi connectivity index (χ2v) is 4.73. The lowest BCUT2D eigenvalue weighted by atomic mass is 10.3. The van der Waals surface area contributed by atoms with E-state index >= 15 is 0 Å². The predicted octanol–water partition coefficient (Wildman–Crippen LogP) is 1.55. The van der Waals surface area contributed by atoms with Crippen LogP contribution in [0.2, 0.25) is 0 Å². The molecule has 0 bridgehead atoms. The number of carbonyl (C=O) groups excluding carboxylic acids is 1. The van der Waals surface area contributed by atoms with Gasteiger partial charge in [-0.05, 0) is 0 Å². The molecule has 0 N–H and O–H groups in total. The van der Waals surface area contributed by atoms with Gasteiger partial charge in [-0.15, -0.1) is 0 Å². The molecule has 9 heteroatoms. The van der Waals surface area contributed by atoms with Crippen LogP contribution in [-0.4, -0.2) is 40.2 Å². The van der Waals surface area contributed by atoms with Crippen LogP contribution in [0.1, 0.15) is 17.8 Å². The van der Waals surface area contributed by atoms with Crippen molar-refractivity contribution in [2.45, 2.75) is 18.7 Å². The van der Waals surface area contributed by atoms with Crippen LogP contribution in [0.4, 0.5) is 13.2 Å². The van der Waals surface area contributed by atoms with Gasteiger partial charge in [0, 0.05) is 11.5 Å². The number of alkyl halides is 3. The normalized spacial score (nSPS) is 20.9. The summed E-state index contributed by atoms with van der Waals surface area (Å²) < 4.78 is 46.0. The third kappa shape index (κ3) is 3.22. The minimum Gasteiger partial charge on any atom is -0.368 e. The summed E-state index contributed by atoms with van der Waals surface area (Å²) in [6.45, 7) is 0.528. The van der Waals surface area contributed by atoms with Crippen molar-refractivity contribution in [2.75, 3.05) is 18.1 Å². The van der Waals surface area contributed by atoms with E-state index in [1.165, 1.54) is 0 Å². The van der Waals surface area contributed by atoms with E-state index in [2.05, 4.69) is 14.7 Å². The average Bonchev–Trinajstić information content (AvgIpc) is 2.77. The average molecular weight is 282 g/mol. The number of ether oxygens (including phenoxy) is 1. The first-order valence-corrected chi connectivity index (χ1v) is 6.24. The smallest absolute Gasteiger partial charge is 0.368 e. The monoisotopic (exact) mass is 282 g/mol. The van der Waals surface area contributed by atoms with Crippen LogP contribution in [0, 0.1) is 0 Å². The lowest BCUT2D eigenvalue weighted by Crippen LogP contribution is -2.24. The molecular weight excluding hydrogens is 273 g/mol. The fraction of sp³-hybridized carbons (Fsp3) is 0.667. The Morgan fingerprint density at radius 3 is 2.89 bits per heavy atom. The fourth-order valence-corrected chi connectivity index (χ4v) is 2.19. The maximum atomic E-state index is 12.0. The summed E-state index contributed by atoms with van der Waals surface area (Å²) in [4.78, 5) is 14.5. The standard InChI is InChI=1S/C9H9F3N2O3S/c10-9(11,12)6(15)3-7-13-8(14-17-7)5-4-18-2-1-16-5/h5H,1-4H2. The van der Waals surface area contributed by atoms with E-state index in [-0.39, 0.29) is 17.8 Å². The van der Waals surface area contributed by atoms with Gasteiger partial charge < -0.3 is 9.26 Å². The molecule has 1 saturated heterocycles. The molecule has 100 valence electrons. The maximum Gasteiger partial charge on any atom is 0.450 e. The van der Waals surface area contributed by atoms with Gasteiger partial charge in [0.2, 0.25) is 17.5 Å². The number of nitrogens with zero attached hydrogens (tertiary/aromatic N) is 2. The summed E-state index contributed by atoms with van der Waals surface area (Å²) in [6, 6.07) is 0. The number of carbonyl (C=O) groups is 1. The molecule has 2 rings (SSSR count). The Labute approximate surface area is 104 Å². The number of rotatable bonds is 3. The molecule has 0 spiro atoms. The number of hydrogen-bond donors (Lipinski definition) is 0. The minimum atomic E-state index is -4.88. The molecule has 0 aliphatic carbocycles. The Morgan fingerprint density at radius 1 is 1.50 bits per heavy atom. The molecule has 1 aliphatic rings. The summed E-state index contributed by atoms with van der Waals surface area (Å²) in [7, 11) is 0. The highest BCUT2D eigenvalue weighted by Crippen LogP contribution is 2.25. The number of hydrogen-bond acceptors (Lipinski definition) is 6. The second-order valence-electron chi connectivity index (χ2n) is 3.58. The van der Waals surface area contributed by atoms with Crippen LogP contribution in [0.5, 0.6) is 0 Å². The van der Waals surface area contributed by atoms with Crippen molar-refractivity contribution in [3.05, 3.63) is 11.7 Å². The SMILES string of the molecule is O=C(Cc1nc(C2CSCCO2)no1)C(F)(F)F. The van der Waals surface area contributed by atoms with Gasteiger partial charge >= 0.3 is 6.18 Å². The largest absolute Gasteiger partial charge is 0.450 e. The first kappa shape index (κ1) is 13.3. The van der Waals surface area contributed by atoms with E-state index in [0.717, 1.165) is 5.75 Å². The topological polar surface area (TPSA) is 65.2 Å². The van der Waals surface area contributed by atoms with Gasteiger partial charge in [-0.25, -0.2) is 0 Å². The first-order valence-electron chi connectivity index (χ1n) is 5.08. The van der Waals surface area contributed by atoms with Crippen molar-refractivity contribution in [1.82, 2.24) is 10.1 Å². The van der Waals surface area contributed by atoms with E-state index in [1.54, 1.807) is 11.8 Å². The maximum absolute atomic E-state index is 12.0. The molecule has 1 fully saturated rings. The molecule has 1 atom stereocenters. The lowest BCUT2D eigenvalue weighted by molar-refractivity contribution is -0.170. The molecule has 2 heterocycles. The highest BCUT2D eigenvalue weighted by Gasteiger charge is 2.39. The second kappa shape index (κ2) is 5.27. The van der Waals surface area contributed by atoms with E-state index in [1.807, 2.05) is 0 Å². The third-order valence-electron chi connectivity index (χ3n) is 2.22. The first-order chi connectivity index (χ1) is 8.47. The molecule has 0 radical (unpaired) electrons. The minimum absolute atomic E-state index is 0.187. The number of thioether (sulfide) groups is 1. The van der Waals surface area contributed by atoms with E-state index in [9.17, 15) is 18.0 Å². The summed E-state index contributed by atoms with van der Waals surface area (Å²) in [5.74, 6) is -0.588. The van der Waals surface area contributed by atoms with Gasteiger partial charge in [-0.2, -0.15) is 29.9 Å². The highest BCUT2D eigenvalue weighted by molar-refractivity contribution is 7.99. The third-order valence-corrected chi connectivity index (χ3v) is 3.21. The van der Waals surface area contributed by atoms with Gasteiger partial charge in [-0.3, -0.25) is 4.79 Å². The molecule has 1 aliphatic heterocycles. The molecule has 1 aromatic rings. The van der Waals surface area contributed by atoms with Gasteiger partial charge in [0.1, 0.15) is 6.10 Å². The van der Waals surface area contributed by atoms with Crippen LogP contribution in [0.3, 0.4) is 0 Å². The quantitative estimate of drug-likeness (QED) is 0.838. The zero-order valence-electron chi connectivity index (χ0n) is 9.07. The van der Waals surface area contributed by atoms with Crippen molar-refractivity contribution < 1.29 is 27.2 Å². The molecule has 1 unspecified atom stereocenters. The number of aromatic nitrogens is 2. The van der Waals surface area contributed by atoms with Crippen LogP contribution >= 0.6 is 11.8 Å². The molecule has 0 aromatic carbocycles. The van der Waals surface area contributed by atoms with Crippen LogP contribution in [-0.2, 0) is 16.0 Å². The molecule has 0 amide bonds. The molecule has 0 saturated carbocycles. The summed E-state index contributed by atoms with van der Waals surface area (Å²) in [5, 5.41) is 3.53. The van der Waals surface area contributed by atoms with Gasteiger partial charge in [0.25, 0.3) is 0 Å². The Kier molecular flexibility index (Phi) is 3.91. The zero-order chi connectivity index (χ0) is 13.2. The Hall–Kier alpha value is -1.09. The van der Waals surface area contributed by atoms with Gasteiger partial charge in [0.15, 0.2) is 0 Å². The number of Topliss-reactive ketones (excluding diaryl/α,β-unsaturated/α-hetero) is 1. The highest BCUT2D eigenvalue weighted by atomic mass is 32.2. The van der Waals surface area contributed by atoms with E-state index < -0.39 is 18.4 Å². The summed E-state index contributed by atoms with van der Waals surface area (Å²) in [6.07, 6.45) is -6.20. The molecular formula is C9H9F3N2O3S. The fourth-order valence-electron chi connectivity index (χ4n) is 1.35. The lowest BCUT2D eigenvalue weighted by Gasteiger charge is -2.18. The zero-order valence-corrected chi connectivity index (χ0v) is 9.88. The van der Waals surface area contributed by atoms with Crippen molar-refractivity contribution in [2.24, 2.45) is 0 Å². The number of halogens is 3. The van der Waals surface area contributed by atoms with E-state index in [0.29, 0.717) is 12.4 Å². The van der Waals surface area contributed by atoms with E-state index in [4.69, 9.17) is 4.74 Å². The predicted molar refractivity (Wildman–Crippen MR) is 55.1 cm³/mol. The Balaban J connectivity index is 1.99. The molecule has 1 aromatic heterocycles. The Bertz CT molecular complexity index is 429. The van der Waals surface area contributed by atoms with Crippen LogP contribution in [0.15, 0.2) is 4.52 Å². The summed E-state index contributed by atoms with van der Waals surface area (Å²) in [5.41, 5.74) is 0. The van der Waals surface area contributed by atoms with Crippen molar-refractivity contribution >= 4 is 17.5 Å². The van der Waals surface area contributed by atoms with Gasteiger partial charge in [-0.1, -0.05) is 5.16 Å². The van der Waals surface area contributed by atoms with Crippen LogP contribution in [0.25, 0.3) is 0 Å². The molecule has 18 heavy (non-hydrogen) atoms. The van der Waals surface area contributed by atoms with Crippen molar-refractivity contribution in [3.63, 3.8) is 0 Å². The van der Waals surface area contributed by atoms with Crippen molar-refractivity contribution in [1.29, 1.82) is 0 Å². The molecule has 5 nitrogen and oxygen atoms in total.